The summed E-state index contributed by atoms with van der Waals surface area (Å²) in [5, 5.41) is 0. The van der Waals surface area contributed by atoms with E-state index < -0.39 is 0 Å². The second kappa shape index (κ2) is 23.2. The molecule has 15 heavy (non-hydrogen) atoms. The van der Waals surface area contributed by atoms with Crippen molar-refractivity contribution in [1.82, 2.24) is 0 Å². The van der Waals surface area contributed by atoms with Gasteiger partial charge in [0, 0.05) is 0 Å². The van der Waals surface area contributed by atoms with Crippen molar-refractivity contribution in [3.8, 4) is 0 Å². The Kier molecular flexibility index (Phi) is 30.6. The predicted molar refractivity (Wildman–Crippen MR) is 74.5 cm³/mol. The van der Waals surface area contributed by atoms with Gasteiger partial charge >= 0.3 is 0 Å². The van der Waals surface area contributed by atoms with Gasteiger partial charge in [0.1, 0.15) is 0 Å². The maximum atomic E-state index is 2.12. The minimum atomic E-state index is 1.25. The molecule has 0 nitrogen and oxygen atoms in total. The molecular weight excluding hydrogens is 180 g/mol. The lowest BCUT2D eigenvalue weighted by atomic mass is 10.2. The van der Waals surface area contributed by atoms with Gasteiger partial charge in [0.05, 0.1) is 0 Å². The SMILES string of the molecule is CC.CCC.CCC.Cc1ccccc1. The van der Waals surface area contributed by atoms with Gasteiger partial charge in [0.15, 0.2) is 0 Å². The summed E-state index contributed by atoms with van der Waals surface area (Å²) in [6, 6.07) is 10.3. The van der Waals surface area contributed by atoms with E-state index in [0.29, 0.717) is 0 Å². The van der Waals surface area contributed by atoms with Crippen LogP contribution in [0.2, 0.25) is 0 Å². The molecule has 0 amide bonds. The monoisotopic (exact) mass is 210 g/mol. The molecule has 0 heterocycles. The van der Waals surface area contributed by atoms with E-state index in [0.717, 1.165) is 0 Å². The van der Waals surface area contributed by atoms with Crippen LogP contribution in [0.3, 0.4) is 0 Å². The maximum absolute atomic E-state index is 2.12. The first-order valence-corrected chi connectivity index (χ1v) is 6.24. The van der Waals surface area contributed by atoms with Crippen LogP contribution in [0.4, 0.5) is 0 Å². The summed E-state index contributed by atoms with van der Waals surface area (Å²) >= 11 is 0. The van der Waals surface area contributed by atoms with Crippen molar-refractivity contribution in [3.63, 3.8) is 0 Å². The second-order valence-electron chi connectivity index (χ2n) is 3.07. The third-order valence-corrected chi connectivity index (χ3v) is 0.940. The summed E-state index contributed by atoms with van der Waals surface area (Å²) in [6.45, 7) is 14.6. The van der Waals surface area contributed by atoms with Crippen molar-refractivity contribution in [3.05, 3.63) is 35.9 Å². The Morgan fingerprint density at radius 1 is 0.733 bits per heavy atom. The van der Waals surface area contributed by atoms with Gasteiger partial charge in [-0.3, -0.25) is 0 Å². The molecule has 90 valence electrons. The van der Waals surface area contributed by atoms with Crippen molar-refractivity contribution >= 4 is 0 Å². The molecule has 1 aromatic carbocycles. The highest BCUT2D eigenvalue weighted by Crippen LogP contribution is 1.92. The van der Waals surface area contributed by atoms with Crippen LogP contribution in [0.1, 0.15) is 59.9 Å². The van der Waals surface area contributed by atoms with E-state index in [1.165, 1.54) is 18.4 Å². The molecule has 0 aliphatic heterocycles. The Hall–Kier alpha value is -0.780. The Morgan fingerprint density at radius 2 is 1.00 bits per heavy atom. The lowest BCUT2D eigenvalue weighted by Gasteiger charge is -1.82. The first-order valence-electron chi connectivity index (χ1n) is 6.24. The normalized spacial score (nSPS) is 6.87. The van der Waals surface area contributed by atoms with Gasteiger partial charge < -0.3 is 0 Å². The summed E-state index contributed by atoms with van der Waals surface area (Å²) < 4.78 is 0. The topological polar surface area (TPSA) is 0 Å². The Bertz CT molecular complexity index is 151. The summed E-state index contributed by atoms with van der Waals surface area (Å²) in [5.74, 6) is 0. The molecule has 0 bridgehead atoms. The average Bonchev–Trinajstić information content (AvgIpc) is 2.24. The molecule has 0 aromatic heterocycles. The van der Waals surface area contributed by atoms with E-state index in [1.54, 1.807) is 0 Å². The molecule has 0 fully saturated rings. The molecule has 0 unspecified atom stereocenters. The fourth-order valence-corrected chi connectivity index (χ4v) is 0.534. The van der Waals surface area contributed by atoms with Gasteiger partial charge in [-0.05, 0) is 6.92 Å². The molecule has 0 radical (unpaired) electrons. The first-order chi connectivity index (χ1) is 7.22. The molecule has 1 aromatic rings. The fourth-order valence-electron chi connectivity index (χ4n) is 0.534. The number of aryl methyl sites for hydroxylation is 1. The zero-order chi connectivity index (χ0) is 12.5. The summed E-state index contributed by atoms with van der Waals surface area (Å²) in [4.78, 5) is 0. The molecule has 0 heteroatoms. The van der Waals surface area contributed by atoms with Gasteiger partial charge in [-0.25, -0.2) is 0 Å². The van der Waals surface area contributed by atoms with Crippen LogP contribution in [-0.2, 0) is 0 Å². The highest BCUT2D eigenvalue weighted by atomic mass is 13.8. The Labute approximate surface area is 97.7 Å². The van der Waals surface area contributed by atoms with Crippen LogP contribution in [-0.4, -0.2) is 0 Å². The van der Waals surface area contributed by atoms with Crippen molar-refractivity contribution in [2.45, 2.75) is 61.3 Å². The van der Waals surface area contributed by atoms with Gasteiger partial charge in [0.25, 0.3) is 0 Å². The highest BCUT2D eigenvalue weighted by molar-refractivity contribution is 5.11. The molecule has 0 saturated heterocycles. The van der Waals surface area contributed by atoms with Gasteiger partial charge in [-0.1, -0.05) is 90.3 Å². The zero-order valence-corrected chi connectivity index (χ0v) is 11.8. The van der Waals surface area contributed by atoms with E-state index in [2.05, 4.69) is 46.8 Å². The van der Waals surface area contributed by atoms with Gasteiger partial charge in [-0.2, -0.15) is 0 Å². The molecule has 0 spiro atoms. The van der Waals surface area contributed by atoms with E-state index in [-0.39, 0.29) is 0 Å². The van der Waals surface area contributed by atoms with E-state index >= 15 is 0 Å². The van der Waals surface area contributed by atoms with Crippen LogP contribution in [0.5, 0.6) is 0 Å². The van der Waals surface area contributed by atoms with E-state index in [4.69, 9.17) is 0 Å². The van der Waals surface area contributed by atoms with E-state index in [1.807, 2.05) is 32.0 Å². The highest BCUT2D eigenvalue weighted by Gasteiger charge is 1.72. The maximum Gasteiger partial charge on any atom is -0.0398 e. The second-order valence-corrected chi connectivity index (χ2v) is 3.07. The van der Waals surface area contributed by atoms with Crippen molar-refractivity contribution in [1.29, 1.82) is 0 Å². The predicted octanol–water partition coefficient (Wildman–Crippen LogP) is 5.85. The number of rotatable bonds is 0. The molecule has 1 rings (SSSR count). The minimum absolute atomic E-state index is 1.25. The van der Waals surface area contributed by atoms with Crippen LogP contribution >= 0.6 is 0 Å². The zero-order valence-electron chi connectivity index (χ0n) is 11.8. The Balaban J connectivity index is -0.000000154. The standard InChI is InChI=1S/C7H8.2C3H8.C2H6/c1-7-5-3-2-4-6-7;2*1-3-2;1-2/h2-6H,1H3;2*3H2,1-2H3;1-2H3. The third kappa shape index (κ3) is 31.9. The summed E-state index contributed by atoms with van der Waals surface area (Å²) in [6.07, 6.45) is 2.50. The lowest BCUT2D eigenvalue weighted by molar-refractivity contribution is 1.09. The smallest absolute Gasteiger partial charge is 0.0398 e. The number of hydrogen-bond acceptors (Lipinski definition) is 0. The lowest BCUT2D eigenvalue weighted by Crippen LogP contribution is -1.62. The summed E-state index contributed by atoms with van der Waals surface area (Å²) in [5.41, 5.74) is 1.32. The molecule has 0 atom stereocenters. The quantitative estimate of drug-likeness (QED) is 0.503. The van der Waals surface area contributed by atoms with Crippen LogP contribution < -0.4 is 0 Å². The van der Waals surface area contributed by atoms with Crippen LogP contribution in [0.15, 0.2) is 30.3 Å². The molecule has 0 saturated carbocycles. The Morgan fingerprint density at radius 3 is 1.13 bits per heavy atom. The minimum Gasteiger partial charge on any atom is -0.0683 e. The van der Waals surface area contributed by atoms with Crippen molar-refractivity contribution in [2.75, 3.05) is 0 Å². The van der Waals surface area contributed by atoms with Gasteiger partial charge in [-0.15, -0.1) is 0 Å². The number of benzene rings is 1. The van der Waals surface area contributed by atoms with Crippen molar-refractivity contribution < 1.29 is 0 Å². The third-order valence-electron chi connectivity index (χ3n) is 0.940. The van der Waals surface area contributed by atoms with Crippen LogP contribution in [0.25, 0.3) is 0 Å². The van der Waals surface area contributed by atoms with Crippen molar-refractivity contribution in [2.24, 2.45) is 0 Å². The van der Waals surface area contributed by atoms with Gasteiger partial charge in [0.2, 0.25) is 0 Å². The first kappa shape index (κ1) is 19.7. The molecule has 0 N–H and O–H groups in total. The summed E-state index contributed by atoms with van der Waals surface area (Å²) in [7, 11) is 0. The largest absolute Gasteiger partial charge is 0.0683 e. The number of hydrogen-bond donors (Lipinski definition) is 0. The average molecular weight is 210 g/mol. The molecular formula is C15H30. The van der Waals surface area contributed by atoms with Crippen LogP contribution in [0, 0.1) is 6.92 Å². The fraction of sp³-hybridized carbons (Fsp3) is 0.600. The molecule has 0 aliphatic carbocycles. The molecule has 0 aliphatic rings. The van der Waals surface area contributed by atoms with E-state index in [9.17, 15) is 0 Å².